The van der Waals surface area contributed by atoms with E-state index >= 15 is 0 Å². The summed E-state index contributed by atoms with van der Waals surface area (Å²) in [5.74, 6) is 0.181. The molecular weight excluding hydrogens is 759 g/mol. The van der Waals surface area contributed by atoms with E-state index in [1.54, 1.807) is 19.2 Å². The first-order valence-corrected chi connectivity index (χ1v) is 20.8. The van der Waals surface area contributed by atoms with Crippen LogP contribution >= 0.6 is 0 Å². The van der Waals surface area contributed by atoms with Gasteiger partial charge in [0.1, 0.15) is 23.1 Å². The highest BCUT2D eigenvalue weighted by molar-refractivity contribution is 6.14. The third-order valence-electron chi connectivity index (χ3n) is 11.0. The van der Waals surface area contributed by atoms with Crippen molar-refractivity contribution < 1.29 is 38.9 Å². The molecule has 3 aliphatic rings. The number of nitrogens with zero attached hydrogens (tertiary/aromatic N) is 3. The van der Waals surface area contributed by atoms with E-state index < -0.39 is 0 Å². The van der Waals surface area contributed by atoms with Crippen LogP contribution < -0.4 is 0 Å². The molecule has 0 bridgehead atoms. The Kier molecular flexibility index (Phi) is 21.8. The fraction of sp³-hybridized carbons (Fsp3) is 0.429. The smallest absolute Gasteiger partial charge is 0.330 e. The zero-order chi connectivity index (χ0) is 43.9. The second kappa shape index (κ2) is 26.7. The molecule has 3 aromatic rings. The quantitative estimate of drug-likeness (QED) is 0.0889. The zero-order valence-electron chi connectivity index (χ0n) is 35.9. The zero-order valence-corrected chi connectivity index (χ0v) is 35.9. The number of carbonyl (C=O) groups is 5. The van der Waals surface area contributed by atoms with Crippen molar-refractivity contribution in [3.63, 3.8) is 0 Å². The lowest BCUT2D eigenvalue weighted by atomic mass is 9.75. The number of ether oxygens (including phenoxy) is 1. The number of carbonyl (C=O) groups excluding carboxylic acids is 5. The molecule has 4 atom stereocenters. The van der Waals surface area contributed by atoms with Crippen molar-refractivity contribution in [1.29, 1.82) is 0 Å². The molecule has 322 valence electrons. The number of aliphatic imine (C=N–C) groups is 1. The molecule has 1 aliphatic heterocycles. The molecule has 6 rings (SSSR count). The molecule has 3 aromatic carbocycles. The normalized spacial score (nSPS) is 21.0. The van der Waals surface area contributed by atoms with E-state index in [1.165, 1.54) is 13.2 Å². The van der Waals surface area contributed by atoms with Gasteiger partial charge in [-0.1, -0.05) is 112 Å². The number of benzene rings is 3. The van der Waals surface area contributed by atoms with Crippen LogP contribution in [0.2, 0.25) is 0 Å². The van der Waals surface area contributed by atoms with Gasteiger partial charge >= 0.3 is 5.97 Å². The Morgan fingerprint density at radius 3 is 1.78 bits per heavy atom. The summed E-state index contributed by atoms with van der Waals surface area (Å²) in [6, 6.07) is 29.3. The van der Waals surface area contributed by atoms with Gasteiger partial charge in [-0.15, -0.1) is 0 Å². The highest BCUT2D eigenvalue weighted by Gasteiger charge is 2.34. The third kappa shape index (κ3) is 16.7. The highest BCUT2D eigenvalue weighted by Crippen LogP contribution is 2.38. The Morgan fingerprint density at radius 1 is 0.783 bits per heavy atom. The van der Waals surface area contributed by atoms with Crippen LogP contribution in [-0.4, -0.2) is 115 Å². The van der Waals surface area contributed by atoms with E-state index in [9.17, 15) is 29.1 Å². The topological polar surface area (TPSA) is 154 Å². The number of ketones is 4. The number of aliphatic hydroxyl groups is 2. The molecule has 0 amide bonds. The molecular formula is C49H63N3O8. The number of hydrogen-bond acceptors (Lipinski definition) is 11. The predicted molar refractivity (Wildman–Crippen MR) is 237 cm³/mol. The van der Waals surface area contributed by atoms with Gasteiger partial charge in [0.15, 0.2) is 5.78 Å². The second-order valence-corrected chi connectivity index (χ2v) is 15.2. The molecule has 1 saturated carbocycles. The summed E-state index contributed by atoms with van der Waals surface area (Å²) in [7, 11) is 1.36. The van der Waals surface area contributed by atoms with Crippen LogP contribution in [0.15, 0.2) is 113 Å². The first kappa shape index (κ1) is 49.0. The van der Waals surface area contributed by atoms with E-state index in [4.69, 9.17) is 5.11 Å². The molecule has 4 unspecified atom stereocenters. The van der Waals surface area contributed by atoms with Crippen molar-refractivity contribution in [3.05, 3.63) is 125 Å². The molecule has 0 aromatic heterocycles. The lowest BCUT2D eigenvalue weighted by Crippen LogP contribution is -2.47. The van der Waals surface area contributed by atoms with Crippen molar-refractivity contribution in [2.45, 2.75) is 65.2 Å². The number of piperazine rings is 1. The first-order valence-electron chi connectivity index (χ1n) is 20.8. The van der Waals surface area contributed by atoms with Gasteiger partial charge in [-0.25, -0.2) is 4.79 Å². The van der Waals surface area contributed by atoms with Gasteiger partial charge in [0, 0.05) is 94.5 Å². The van der Waals surface area contributed by atoms with Crippen molar-refractivity contribution in [2.24, 2.45) is 16.8 Å². The van der Waals surface area contributed by atoms with Gasteiger partial charge in [0.25, 0.3) is 0 Å². The summed E-state index contributed by atoms with van der Waals surface area (Å²) >= 11 is 0. The van der Waals surface area contributed by atoms with Gasteiger partial charge < -0.3 is 19.7 Å². The van der Waals surface area contributed by atoms with Crippen LogP contribution in [0.1, 0.15) is 81.9 Å². The Labute approximate surface area is 355 Å². The Bertz CT molecular complexity index is 1890. The van der Waals surface area contributed by atoms with Gasteiger partial charge in [0.05, 0.1) is 32.3 Å². The number of aliphatic hydroxyl groups excluding tert-OH is 2. The predicted octanol–water partition coefficient (Wildman–Crippen LogP) is 7.07. The largest absolute Gasteiger partial charge is 0.511 e. The van der Waals surface area contributed by atoms with E-state index in [2.05, 4.69) is 19.5 Å². The van der Waals surface area contributed by atoms with Gasteiger partial charge in [-0.05, 0) is 29.7 Å². The molecule has 0 radical (unpaired) electrons. The maximum absolute atomic E-state index is 12.6. The van der Waals surface area contributed by atoms with Crippen LogP contribution in [0, 0.1) is 11.8 Å². The highest BCUT2D eigenvalue weighted by atomic mass is 16.5. The van der Waals surface area contributed by atoms with Gasteiger partial charge in [0.2, 0.25) is 0 Å². The van der Waals surface area contributed by atoms with Crippen LogP contribution in [0.25, 0.3) is 6.08 Å². The molecule has 2 N–H and O–H groups in total. The van der Waals surface area contributed by atoms with E-state index in [0.717, 1.165) is 56.0 Å². The van der Waals surface area contributed by atoms with Crippen molar-refractivity contribution in [3.8, 4) is 0 Å². The van der Waals surface area contributed by atoms with Crippen LogP contribution in [-0.2, 0) is 28.7 Å². The average Bonchev–Trinajstić information content (AvgIpc) is 3.27. The standard InChI is InChI=1S/C22H31N3O3.C13H14O2.C10H10O2.C4H8O/c1-17-19(18-5-3-2-4-6-18)15-21(27)20(22(17)28)16-23-7-8-24-9-11-25(12-10-24)13-14-26;1-9-12(7-11(14)8-13(9)15)10-5-3-2-4-6-10;1-12-10(11)8-7-9-5-3-2-4-6-9;1-3-4(2)5/h2-6,16-17,19,26,28H,7-15H2,1H3;2-6,9,12H,7-8H2,1H3;2-8H,1H3;3H2,1-2H3/b;;8-7+;. The Morgan fingerprint density at radius 2 is 1.28 bits per heavy atom. The summed E-state index contributed by atoms with van der Waals surface area (Å²) < 4.78 is 4.45. The summed E-state index contributed by atoms with van der Waals surface area (Å²) in [6.45, 7) is 13.6. The number of esters is 1. The SMILES string of the molecule is CC1C(=O)CC(=O)CC1c1ccccc1.CC1C(O)=C(C=NCCN2CCN(CCO)CC2)C(=O)CC1c1ccccc1.CCC(C)=O.COC(=O)/C=C/c1ccccc1. The number of hydrogen-bond donors (Lipinski definition) is 2. The van der Waals surface area contributed by atoms with Crippen LogP contribution in [0.3, 0.4) is 0 Å². The van der Waals surface area contributed by atoms with Crippen molar-refractivity contribution in [2.75, 3.05) is 59.5 Å². The lowest BCUT2D eigenvalue weighted by molar-refractivity contribution is -0.135. The summed E-state index contributed by atoms with van der Waals surface area (Å²) in [4.78, 5) is 65.0. The van der Waals surface area contributed by atoms with E-state index in [-0.39, 0.29) is 71.6 Å². The molecule has 0 spiro atoms. The third-order valence-corrected chi connectivity index (χ3v) is 11.0. The Balaban J connectivity index is 0.000000250. The molecule has 11 heteroatoms. The Hall–Kier alpha value is -5.36. The lowest BCUT2D eigenvalue weighted by Gasteiger charge is -2.33. The minimum absolute atomic E-state index is 0.0149. The number of rotatable bonds is 11. The molecule has 2 aliphatic carbocycles. The average molecular weight is 822 g/mol. The monoisotopic (exact) mass is 821 g/mol. The van der Waals surface area contributed by atoms with Gasteiger partial charge in [-0.2, -0.15) is 0 Å². The maximum Gasteiger partial charge on any atom is 0.330 e. The van der Waals surface area contributed by atoms with Crippen molar-refractivity contribution >= 4 is 41.4 Å². The van der Waals surface area contributed by atoms with Crippen molar-refractivity contribution in [1.82, 2.24) is 9.80 Å². The summed E-state index contributed by atoms with van der Waals surface area (Å²) in [5, 5.41) is 19.6. The fourth-order valence-corrected chi connectivity index (χ4v) is 7.02. The number of Topliss-reactive ketones (excluding diaryl/α,β-unsaturated/α-hetero) is 4. The maximum atomic E-state index is 12.6. The molecule has 60 heavy (non-hydrogen) atoms. The molecule has 1 saturated heterocycles. The molecule has 2 fully saturated rings. The van der Waals surface area contributed by atoms with Gasteiger partial charge in [-0.3, -0.25) is 29.2 Å². The summed E-state index contributed by atoms with van der Waals surface area (Å²) in [6.07, 6.45) is 6.39. The van der Waals surface area contributed by atoms with Crippen LogP contribution in [0.5, 0.6) is 0 Å². The number of β-amino-alcohol motifs (C(OH)–C–C–N with tert-alkyl or cyclic N) is 1. The number of allylic oxidation sites excluding steroid dienone is 2. The minimum atomic E-state index is -0.334. The van der Waals surface area contributed by atoms with Crippen LogP contribution in [0.4, 0.5) is 0 Å². The number of methoxy groups -OCH3 is 1. The first-order chi connectivity index (χ1) is 28.9. The summed E-state index contributed by atoms with van der Waals surface area (Å²) in [5.41, 5.74) is 3.55. The molecule has 1 heterocycles. The van der Waals surface area contributed by atoms with E-state index in [0.29, 0.717) is 31.4 Å². The minimum Gasteiger partial charge on any atom is -0.511 e. The second-order valence-electron chi connectivity index (χ2n) is 15.2. The molecule has 11 nitrogen and oxygen atoms in total. The van der Waals surface area contributed by atoms with E-state index in [1.807, 2.05) is 112 Å². The fourth-order valence-electron chi connectivity index (χ4n) is 7.02.